The van der Waals surface area contributed by atoms with Gasteiger partial charge in [-0.15, -0.1) is 0 Å². The molecule has 6 nitrogen and oxygen atoms in total. The molecule has 0 atom stereocenters. The molecule has 112 valence electrons. The van der Waals surface area contributed by atoms with Gasteiger partial charge in [0.25, 0.3) is 0 Å². The van der Waals surface area contributed by atoms with E-state index in [1.807, 2.05) is 0 Å². The Morgan fingerprint density at radius 1 is 1.25 bits per heavy atom. The molecule has 1 fully saturated rings. The molecule has 0 spiro atoms. The number of primary sulfonamides is 1. The van der Waals surface area contributed by atoms with Crippen LogP contribution in [0.15, 0.2) is 23.1 Å². The summed E-state index contributed by atoms with van der Waals surface area (Å²) < 4.78 is 22.7. The summed E-state index contributed by atoms with van der Waals surface area (Å²) in [6.07, 6.45) is 4.17. The quantitative estimate of drug-likeness (QED) is 0.602. The van der Waals surface area contributed by atoms with E-state index in [1.54, 1.807) is 6.07 Å². The Bertz CT molecular complexity index is 581. The number of nitrogens with one attached hydrogen (secondary N) is 1. The van der Waals surface area contributed by atoms with Crippen molar-refractivity contribution in [2.75, 3.05) is 24.2 Å². The van der Waals surface area contributed by atoms with E-state index in [4.69, 9.17) is 10.9 Å². The van der Waals surface area contributed by atoms with Gasteiger partial charge in [-0.3, -0.25) is 0 Å². The van der Waals surface area contributed by atoms with Crippen LogP contribution in [0.25, 0.3) is 0 Å². The van der Waals surface area contributed by atoms with Crippen LogP contribution in [-0.4, -0.2) is 26.7 Å². The van der Waals surface area contributed by atoms with Crippen molar-refractivity contribution in [2.45, 2.75) is 30.6 Å². The van der Waals surface area contributed by atoms with Crippen molar-refractivity contribution in [3.8, 4) is 0 Å². The molecule has 0 bridgehead atoms. The number of nitrogens with two attached hydrogens (primary N) is 2. The van der Waals surface area contributed by atoms with E-state index in [-0.39, 0.29) is 16.9 Å². The zero-order chi connectivity index (χ0) is 14.8. The first-order chi connectivity index (χ1) is 9.35. The Hall–Kier alpha value is -1.31. The molecular weight excluding hydrogens is 278 g/mol. The predicted octanol–water partition coefficient (Wildman–Crippen LogP) is 0.881. The van der Waals surface area contributed by atoms with Crippen LogP contribution < -0.4 is 16.2 Å². The lowest BCUT2D eigenvalue weighted by atomic mass is 9.87. The van der Waals surface area contributed by atoms with Crippen molar-refractivity contribution in [2.24, 2.45) is 10.6 Å². The zero-order valence-electron chi connectivity index (χ0n) is 11.3. The first-order valence-electron chi connectivity index (χ1n) is 6.63. The van der Waals surface area contributed by atoms with Crippen molar-refractivity contribution < 1.29 is 13.5 Å². The van der Waals surface area contributed by atoms with Crippen molar-refractivity contribution in [1.82, 2.24) is 0 Å². The molecule has 0 heterocycles. The summed E-state index contributed by atoms with van der Waals surface area (Å²) in [5.41, 5.74) is 6.52. The normalized spacial score (nSPS) is 18.1. The molecule has 0 saturated heterocycles. The molecule has 6 N–H and O–H groups in total. The molecule has 0 radical (unpaired) electrons. The van der Waals surface area contributed by atoms with Crippen molar-refractivity contribution in [3.63, 3.8) is 0 Å². The van der Waals surface area contributed by atoms with Gasteiger partial charge >= 0.3 is 0 Å². The fourth-order valence-corrected chi connectivity index (χ4v) is 3.29. The van der Waals surface area contributed by atoms with E-state index in [0.29, 0.717) is 17.9 Å². The van der Waals surface area contributed by atoms with E-state index in [0.717, 1.165) is 25.7 Å². The van der Waals surface area contributed by atoms with Crippen molar-refractivity contribution >= 4 is 21.4 Å². The second-order valence-corrected chi connectivity index (χ2v) is 7.12. The van der Waals surface area contributed by atoms with Gasteiger partial charge in [-0.05, 0) is 31.0 Å². The molecule has 1 aromatic carbocycles. The smallest absolute Gasteiger partial charge is 0.238 e. The highest BCUT2D eigenvalue weighted by Crippen LogP contribution is 2.37. The van der Waals surface area contributed by atoms with Gasteiger partial charge in [-0.25, -0.2) is 13.6 Å². The molecular formula is C13H21N3O3S. The van der Waals surface area contributed by atoms with Crippen molar-refractivity contribution in [1.29, 1.82) is 0 Å². The van der Waals surface area contributed by atoms with Crippen LogP contribution in [0.4, 0.5) is 11.4 Å². The lowest BCUT2D eigenvalue weighted by Gasteiger charge is -2.27. The lowest BCUT2D eigenvalue weighted by Crippen LogP contribution is -2.30. The average Bonchev–Trinajstić information content (AvgIpc) is 2.84. The number of aliphatic hydroxyl groups excluding tert-OH is 1. The summed E-state index contributed by atoms with van der Waals surface area (Å²) in [4.78, 5) is -0.00975. The molecule has 20 heavy (non-hydrogen) atoms. The number of rotatable bonds is 5. The molecule has 2 rings (SSSR count). The monoisotopic (exact) mass is 299 g/mol. The number of aliphatic hydroxyl groups is 1. The summed E-state index contributed by atoms with van der Waals surface area (Å²) in [6, 6.07) is 4.46. The van der Waals surface area contributed by atoms with Gasteiger partial charge in [0, 0.05) is 23.3 Å². The van der Waals surface area contributed by atoms with Crippen LogP contribution in [0.5, 0.6) is 0 Å². The highest BCUT2D eigenvalue weighted by Gasteiger charge is 2.32. The van der Waals surface area contributed by atoms with Crippen LogP contribution in [0.1, 0.15) is 25.7 Å². The van der Waals surface area contributed by atoms with E-state index < -0.39 is 10.0 Å². The lowest BCUT2D eigenvalue weighted by molar-refractivity contribution is 0.142. The van der Waals surface area contributed by atoms with Gasteiger partial charge in [0.15, 0.2) is 0 Å². The standard InChI is InChI=1S/C13H21N3O3S/c14-10-5-11(7-12(6-10)20(15,18)19)16-8-13(9-17)3-1-2-4-13/h5-7,16-17H,1-4,8-9,14H2,(H2,15,18,19). The minimum absolute atomic E-state index is 0.00975. The van der Waals surface area contributed by atoms with Crippen LogP contribution in [-0.2, 0) is 10.0 Å². The van der Waals surface area contributed by atoms with Gasteiger partial charge in [0.05, 0.1) is 11.5 Å². The van der Waals surface area contributed by atoms with Crippen LogP contribution >= 0.6 is 0 Å². The first-order valence-corrected chi connectivity index (χ1v) is 8.17. The number of anilines is 2. The second kappa shape index (κ2) is 5.59. The molecule has 0 unspecified atom stereocenters. The minimum Gasteiger partial charge on any atom is -0.399 e. The summed E-state index contributed by atoms with van der Waals surface area (Å²) in [5.74, 6) is 0. The van der Waals surface area contributed by atoms with E-state index >= 15 is 0 Å². The van der Waals surface area contributed by atoms with Crippen LogP contribution in [0.3, 0.4) is 0 Å². The zero-order valence-corrected chi connectivity index (χ0v) is 12.1. The molecule has 1 aliphatic rings. The van der Waals surface area contributed by atoms with Crippen LogP contribution in [0.2, 0.25) is 0 Å². The molecule has 1 aromatic rings. The van der Waals surface area contributed by atoms with Gasteiger partial charge in [0.2, 0.25) is 10.0 Å². The maximum absolute atomic E-state index is 11.4. The third-order valence-electron chi connectivity index (χ3n) is 3.92. The number of sulfonamides is 1. The maximum Gasteiger partial charge on any atom is 0.238 e. The fraction of sp³-hybridized carbons (Fsp3) is 0.538. The number of hydrogen-bond donors (Lipinski definition) is 4. The summed E-state index contributed by atoms with van der Waals surface area (Å²) in [6.45, 7) is 0.724. The molecule has 0 aliphatic heterocycles. The maximum atomic E-state index is 11.4. The third kappa shape index (κ3) is 3.41. The minimum atomic E-state index is -3.78. The molecule has 1 saturated carbocycles. The highest BCUT2D eigenvalue weighted by atomic mass is 32.2. The average molecular weight is 299 g/mol. The number of hydrogen-bond acceptors (Lipinski definition) is 5. The predicted molar refractivity (Wildman–Crippen MR) is 78.7 cm³/mol. The number of nitrogen functional groups attached to an aromatic ring is 1. The Labute approximate surface area is 119 Å². The van der Waals surface area contributed by atoms with Gasteiger partial charge in [-0.1, -0.05) is 12.8 Å². The third-order valence-corrected chi connectivity index (χ3v) is 4.82. The Kier molecular flexibility index (Phi) is 4.22. The molecule has 7 heteroatoms. The molecule has 0 aromatic heterocycles. The molecule has 0 amide bonds. The fourth-order valence-electron chi connectivity index (χ4n) is 2.69. The van der Waals surface area contributed by atoms with Gasteiger partial charge in [0.1, 0.15) is 0 Å². The molecule has 1 aliphatic carbocycles. The Morgan fingerprint density at radius 3 is 2.45 bits per heavy atom. The van der Waals surface area contributed by atoms with Gasteiger partial charge < -0.3 is 16.2 Å². The Morgan fingerprint density at radius 2 is 1.90 bits per heavy atom. The van der Waals surface area contributed by atoms with Crippen molar-refractivity contribution in [3.05, 3.63) is 18.2 Å². The summed E-state index contributed by atoms with van der Waals surface area (Å²) in [5, 5.41) is 17.8. The topological polar surface area (TPSA) is 118 Å². The Balaban J connectivity index is 2.15. The summed E-state index contributed by atoms with van der Waals surface area (Å²) >= 11 is 0. The first kappa shape index (κ1) is 15.1. The summed E-state index contributed by atoms with van der Waals surface area (Å²) in [7, 11) is -3.78. The van der Waals surface area contributed by atoms with E-state index in [1.165, 1.54) is 12.1 Å². The second-order valence-electron chi connectivity index (χ2n) is 5.55. The van der Waals surface area contributed by atoms with E-state index in [9.17, 15) is 13.5 Å². The largest absolute Gasteiger partial charge is 0.399 e. The van der Waals surface area contributed by atoms with Gasteiger partial charge in [-0.2, -0.15) is 0 Å². The van der Waals surface area contributed by atoms with E-state index in [2.05, 4.69) is 5.32 Å². The highest BCUT2D eigenvalue weighted by molar-refractivity contribution is 7.89. The SMILES string of the molecule is Nc1cc(NCC2(CO)CCCC2)cc(S(N)(=O)=O)c1. The van der Waals surface area contributed by atoms with Crippen LogP contribution in [0, 0.1) is 5.41 Å². The number of benzene rings is 1.